The van der Waals surface area contributed by atoms with Gasteiger partial charge in [0.2, 0.25) is 0 Å². The number of aryl methyl sites for hydroxylation is 2. The zero-order valence-electron chi connectivity index (χ0n) is 14.7. The predicted octanol–water partition coefficient (Wildman–Crippen LogP) is 2.25. The van der Waals surface area contributed by atoms with E-state index >= 15 is 0 Å². The van der Waals surface area contributed by atoms with E-state index in [9.17, 15) is 9.59 Å². The van der Waals surface area contributed by atoms with E-state index < -0.39 is 11.8 Å². The van der Waals surface area contributed by atoms with E-state index in [1.54, 1.807) is 0 Å². The van der Waals surface area contributed by atoms with Gasteiger partial charge in [-0.25, -0.2) is 0 Å². The van der Waals surface area contributed by atoms with Crippen molar-refractivity contribution < 1.29 is 9.59 Å². The van der Waals surface area contributed by atoms with Crippen molar-refractivity contribution in [1.82, 2.24) is 10.2 Å². The van der Waals surface area contributed by atoms with Gasteiger partial charge in [0.1, 0.15) is 0 Å². The van der Waals surface area contributed by atoms with E-state index in [4.69, 9.17) is 0 Å². The Labute approximate surface area is 149 Å². The molecule has 2 aliphatic carbocycles. The minimum atomic E-state index is -0.558. The Morgan fingerprint density at radius 2 is 1.76 bits per heavy atom. The fourth-order valence-corrected chi connectivity index (χ4v) is 4.59. The number of rotatable bonds is 3. The first-order valence-corrected chi connectivity index (χ1v) is 9.67. The van der Waals surface area contributed by atoms with Gasteiger partial charge in [-0.05, 0) is 61.8 Å². The minimum Gasteiger partial charge on any atom is -0.344 e. The third kappa shape index (κ3) is 3.71. The monoisotopic (exact) mass is 341 g/mol. The molecule has 1 unspecified atom stereocenters. The first-order chi connectivity index (χ1) is 12.2. The van der Waals surface area contributed by atoms with Gasteiger partial charge in [-0.15, -0.1) is 0 Å². The number of hydrogen-bond donors (Lipinski definition) is 2. The molecule has 1 saturated heterocycles. The number of nitrogens with one attached hydrogen (secondary N) is 2. The summed E-state index contributed by atoms with van der Waals surface area (Å²) in [6, 6.07) is 6.74. The average molecular weight is 341 g/mol. The Bertz CT molecular complexity index is 667. The maximum absolute atomic E-state index is 12.2. The number of carbonyl (C=O) groups excluding carboxylic acids is 2. The molecule has 134 valence electrons. The summed E-state index contributed by atoms with van der Waals surface area (Å²) in [4.78, 5) is 26.9. The van der Waals surface area contributed by atoms with Crippen LogP contribution < -0.4 is 10.6 Å². The second-order valence-corrected chi connectivity index (χ2v) is 7.68. The molecule has 0 radical (unpaired) electrons. The van der Waals surface area contributed by atoms with E-state index in [1.165, 1.54) is 43.2 Å². The molecule has 0 bridgehead atoms. The largest absolute Gasteiger partial charge is 0.344 e. The molecule has 1 aromatic rings. The molecule has 1 aliphatic heterocycles. The lowest BCUT2D eigenvalue weighted by atomic mass is 10.1. The molecule has 0 aromatic heterocycles. The Hall–Kier alpha value is -1.88. The molecule has 1 atom stereocenters. The SMILES string of the molecule is O=C(Nc1ccc2c(c1)CCC2)C(=O)NC1CCN(C2CCCC2)C1. The highest BCUT2D eigenvalue weighted by Gasteiger charge is 2.31. The quantitative estimate of drug-likeness (QED) is 0.829. The smallest absolute Gasteiger partial charge is 0.313 e. The van der Waals surface area contributed by atoms with Crippen LogP contribution in [0.15, 0.2) is 18.2 Å². The first-order valence-electron chi connectivity index (χ1n) is 9.67. The topological polar surface area (TPSA) is 61.4 Å². The van der Waals surface area contributed by atoms with Crippen molar-refractivity contribution in [3.05, 3.63) is 29.3 Å². The van der Waals surface area contributed by atoms with Crippen molar-refractivity contribution in [2.75, 3.05) is 18.4 Å². The maximum atomic E-state index is 12.2. The van der Waals surface area contributed by atoms with Crippen molar-refractivity contribution in [2.24, 2.45) is 0 Å². The highest BCUT2D eigenvalue weighted by atomic mass is 16.2. The Morgan fingerprint density at radius 3 is 2.60 bits per heavy atom. The van der Waals surface area contributed by atoms with Gasteiger partial charge in [0.15, 0.2) is 0 Å². The van der Waals surface area contributed by atoms with Gasteiger partial charge in [-0.3, -0.25) is 14.5 Å². The van der Waals surface area contributed by atoms with Crippen LogP contribution >= 0.6 is 0 Å². The Morgan fingerprint density at radius 1 is 0.960 bits per heavy atom. The van der Waals surface area contributed by atoms with Crippen LogP contribution in [0.3, 0.4) is 0 Å². The molecule has 25 heavy (non-hydrogen) atoms. The molecule has 4 rings (SSSR count). The molecule has 1 heterocycles. The van der Waals surface area contributed by atoms with E-state index in [0.717, 1.165) is 38.0 Å². The zero-order valence-corrected chi connectivity index (χ0v) is 14.7. The summed E-state index contributed by atoms with van der Waals surface area (Å²) < 4.78 is 0. The highest BCUT2D eigenvalue weighted by Crippen LogP contribution is 2.27. The number of fused-ring (bicyclic) bond motifs is 1. The molecule has 1 aromatic carbocycles. The van der Waals surface area contributed by atoms with E-state index in [0.29, 0.717) is 6.04 Å². The normalized spacial score (nSPS) is 23.6. The average Bonchev–Trinajstić information content (AvgIpc) is 3.35. The molecular formula is C20H27N3O2. The molecule has 2 fully saturated rings. The number of carbonyl (C=O) groups is 2. The second kappa shape index (κ2) is 7.16. The maximum Gasteiger partial charge on any atom is 0.313 e. The summed E-state index contributed by atoms with van der Waals surface area (Å²) in [5, 5.41) is 5.66. The predicted molar refractivity (Wildman–Crippen MR) is 97.5 cm³/mol. The van der Waals surface area contributed by atoms with Crippen molar-refractivity contribution >= 4 is 17.5 Å². The Balaban J connectivity index is 1.28. The summed E-state index contributed by atoms with van der Waals surface area (Å²) in [5.74, 6) is -1.07. The number of anilines is 1. The highest BCUT2D eigenvalue weighted by molar-refractivity contribution is 6.39. The molecule has 5 heteroatoms. The van der Waals surface area contributed by atoms with Crippen LogP contribution in [0, 0.1) is 0 Å². The second-order valence-electron chi connectivity index (χ2n) is 7.68. The zero-order chi connectivity index (χ0) is 17.2. The lowest BCUT2D eigenvalue weighted by Crippen LogP contribution is -2.43. The molecule has 2 amide bonds. The van der Waals surface area contributed by atoms with Crippen molar-refractivity contribution in [1.29, 1.82) is 0 Å². The van der Waals surface area contributed by atoms with Crippen molar-refractivity contribution in [3.8, 4) is 0 Å². The van der Waals surface area contributed by atoms with Gasteiger partial charge >= 0.3 is 11.8 Å². The van der Waals surface area contributed by atoms with Crippen molar-refractivity contribution in [3.63, 3.8) is 0 Å². The molecule has 1 saturated carbocycles. The van der Waals surface area contributed by atoms with Crippen LogP contribution in [0.1, 0.15) is 49.7 Å². The molecule has 3 aliphatic rings. The fourth-order valence-electron chi connectivity index (χ4n) is 4.59. The van der Waals surface area contributed by atoms with Gasteiger partial charge in [-0.2, -0.15) is 0 Å². The van der Waals surface area contributed by atoms with Gasteiger partial charge in [0.25, 0.3) is 0 Å². The Kier molecular flexibility index (Phi) is 4.75. The number of likely N-dealkylation sites (tertiary alicyclic amines) is 1. The van der Waals surface area contributed by atoms with Gasteiger partial charge < -0.3 is 10.6 Å². The summed E-state index contributed by atoms with van der Waals surface area (Å²) in [7, 11) is 0. The third-order valence-corrected chi connectivity index (χ3v) is 5.96. The van der Waals surface area contributed by atoms with Gasteiger partial charge in [-0.1, -0.05) is 18.9 Å². The van der Waals surface area contributed by atoms with E-state index in [1.807, 2.05) is 12.1 Å². The third-order valence-electron chi connectivity index (χ3n) is 5.96. The van der Waals surface area contributed by atoms with Crippen LogP contribution in [0.2, 0.25) is 0 Å². The van der Waals surface area contributed by atoms with Crippen molar-refractivity contribution in [2.45, 2.75) is 63.5 Å². The minimum absolute atomic E-state index is 0.0962. The van der Waals surface area contributed by atoms with Crippen LogP contribution in [0.4, 0.5) is 5.69 Å². The lowest BCUT2D eigenvalue weighted by Gasteiger charge is -2.23. The van der Waals surface area contributed by atoms with Crippen LogP contribution in [0.5, 0.6) is 0 Å². The summed E-state index contributed by atoms with van der Waals surface area (Å²) in [6.07, 6.45) is 9.48. The van der Waals surface area contributed by atoms with Gasteiger partial charge in [0, 0.05) is 30.9 Å². The lowest BCUT2D eigenvalue weighted by molar-refractivity contribution is -0.136. The number of hydrogen-bond acceptors (Lipinski definition) is 3. The summed E-state index contributed by atoms with van der Waals surface area (Å²) >= 11 is 0. The molecule has 0 spiro atoms. The fraction of sp³-hybridized carbons (Fsp3) is 0.600. The van der Waals surface area contributed by atoms with E-state index in [-0.39, 0.29) is 6.04 Å². The molecule has 2 N–H and O–H groups in total. The molecule has 5 nitrogen and oxygen atoms in total. The summed E-state index contributed by atoms with van der Waals surface area (Å²) in [6.45, 7) is 1.91. The standard InChI is InChI=1S/C20H27N3O2/c24-19(21-16-9-8-14-4-3-5-15(14)12-16)20(25)22-17-10-11-23(13-17)18-6-1-2-7-18/h8-9,12,17-18H,1-7,10-11,13H2,(H,21,24)(H,22,25). The van der Waals surface area contributed by atoms with Crippen LogP contribution in [-0.2, 0) is 22.4 Å². The van der Waals surface area contributed by atoms with Crippen LogP contribution in [-0.4, -0.2) is 41.9 Å². The first kappa shape index (κ1) is 16.6. The van der Waals surface area contributed by atoms with Crippen LogP contribution in [0.25, 0.3) is 0 Å². The van der Waals surface area contributed by atoms with Gasteiger partial charge in [0.05, 0.1) is 0 Å². The van der Waals surface area contributed by atoms with E-state index in [2.05, 4.69) is 21.6 Å². The number of benzene rings is 1. The summed E-state index contributed by atoms with van der Waals surface area (Å²) in [5.41, 5.74) is 3.38. The number of amides is 2. The number of nitrogens with zero attached hydrogens (tertiary/aromatic N) is 1. The molecular weight excluding hydrogens is 314 g/mol.